The van der Waals surface area contributed by atoms with Crippen molar-refractivity contribution in [1.29, 1.82) is 0 Å². The molecule has 134 valence electrons. The van der Waals surface area contributed by atoms with E-state index in [-0.39, 0.29) is 18.4 Å². The zero-order valence-electron chi connectivity index (χ0n) is 14.6. The summed E-state index contributed by atoms with van der Waals surface area (Å²) in [5.41, 5.74) is 1.87. The fraction of sp³-hybridized carbons (Fsp3) is 0.350. The maximum atomic E-state index is 12.8. The third-order valence-electron chi connectivity index (χ3n) is 4.23. The SMILES string of the molecule is COc1ccccc1CN(C)C(=O)C(Cl)C(CCO)c1ccccc1. The lowest BCUT2D eigenvalue weighted by Gasteiger charge is -2.26. The van der Waals surface area contributed by atoms with Crippen LogP contribution in [0.4, 0.5) is 0 Å². The van der Waals surface area contributed by atoms with Crippen molar-refractivity contribution in [3.05, 3.63) is 65.7 Å². The second kappa shape index (κ2) is 9.44. The maximum Gasteiger partial charge on any atom is 0.241 e. The molecule has 0 aliphatic heterocycles. The number of halogens is 1. The molecule has 0 bridgehead atoms. The third kappa shape index (κ3) is 4.97. The molecule has 2 aromatic carbocycles. The van der Waals surface area contributed by atoms with Crippen molar-refractivity contribution in [3.63, 3.8) is 0 Å². The Balaban J connectivity index is 2.13. The Labute approximate surface area is 154 Å². The van der Waals surface area contributed by atoms with E-state index in [0.29, 0.717) is 13.0 Å². The normalized spacial score (nSPS) is 13.1. The summed E-state index contributed by atoms with van der Waals surface area (Å²) >= 11 is 6.51. The van der Waals surface area contributed by atoms with Gasteiger partial charge in [-0.15, -0.1) is 11.6 Å². The van der Waals surface area contributed by atoms with Crippen molar-refractivity contribution in [1.82, 2.24) is 4.90 Å². The standard InChI is InChI=1S/C20H24ClNO3/c1-22(14-16-10-6-7-11-18(16)25-2)20(24)19(21)17(12-13-23)15-8-4-3-5-9-15/h3-11,17,19,23H,12-14H2,1-2H3. The van der Waals surface area contributed by atoms with E-state index in [4.69, 9.17) is 16.3 Å². The van der Waals surface area contributed by atoms with Gasteiger partial charge in [-0.2, -0.15) is 0 Å². The third-order valence-corrected chi connectivity index (χ3v) is 4.72. The number of amides is 1. The minimum absolute atomic E-state index is 0.0215. The minimum atomic E-state index is -0.741. The maximum absolute atomic E-state index is 12.8. The lowest BCUT2D eigenvalue weighted by Crippen LogP contribution is -2.36. The summed E-state index contributed by atoms with van der Waals surface area (Å²) in [6.45, 7) is 0.388. The molecular weight excluding hydrogens is 338 g/mol. The van der Waals surface area contributed by atoms with Crippen molar-refractivity contribution in [2.45, 2.75) is 24.3 Å². The highest BCUT2D eigenvalue weighted by Crippen LogP contribution is 2.29. The molecule has 2 rings (SSSR count). The molecule has 4 nitrogen and oxygen atoms in total. The van der Waals surface area contributed by atoms with Gasteiger partial charge in [0.05, 0.1) is 7.11 Å². The molecule has 0 spiro atoms. The number of benzene rings is 2. The Bertz CT molecular complexity index is 678. The van der Waals surface area contributed by atoms with Crippen molar-refractivity contribution in [2.24, 2.45) is 0 Å². The molecule has 5 heteroatoms. The average molecular weight is 362 g/mol. The molecule has 1 N–H and O–H groups in total. The summed E-state index contributed by atoms with van der Waals surface area (Å²) in [6.07, 6.45) is 0.437. The van der Waals surface area contributed by atoms with E-state index >= 15 is 0 Å². The van der Waals surface area contributed by atoms with E-state index in [1.807, 2.05) is 54.6 Å². The number of rotatable bonds is 8. The number of hydrogen-bond donors (Lipinski definition) is 1. The number of nitrogens with zero attached hydrogens (tertiary/aromatic N) is 1. The number of ether oxygens (including phenoxy) is 1. The van der Waals surface area contributed by atoms with Gasteiger partial charge in [0.15, 0.2) is 0 Å². The highest BCUT2D eigenvalue weighted by molar-refractivity contribution is 6.31. The van der Waals surface area contributed by atoms with E-state index < -0.39 is 5.38 Å². The van der Waals surface area contributed by atoms with Gasteiger partial charge in [0, 0.05) is 31.7 Å². The van der Waals surface area contributed by atoms with Gasteiger partial charge in [0.1, 0.15) is 11.1 Å². The van der Waals surface area contributed by atoms with Crippen LogP contribution < -0.4 is 4.74 Å². The number of carbonyl (C=O) groups excluding carboxylic acids is 1. The molecule has 2 atom stereocenters. The van der Waals surface area contributed by atoms with Crippen molar-refractivity contribution >= 4 is 17.5 Å². The number of methoxy groups -OCH3 is 1. The molecule has 0 radical (unpaired) electrons. The van der Waals surface area contributed by atoms with Gasteiger partial charge in [-0.25, -0.2) is 0 Å². The van der Waals surface area contributed by atoms with Crippen molar-refractivity contribution in [2.75, 3.05) is 20.8 Å². The van der Waals surface area contributed by atoms with Crippen LogP contribution in [-0.2, 0) is 11.3 Å². The first-order valence-corrected chi connectivity index (χ1v) is 8.68. The van der Waals surface area contributed by atoms with Gasteiger partial charge in [-0.3, -0.25) is 4.79 Å². The largest absolute Gasteiger partial charge is 0.496 e. The van der Waals surface area contributed by atoms with Gasteiger partial charge < -0.3 is 14.7 Å². The monoisotopic (exact) mass is 361 g/mol. The summed E-state index contributed by atoms with van der Waals surface area (Å²) in [5, 5.41) is 8.63. The van der Waals surface area contributed by atoms with Crippen molar-refractivity contribution < 1.29 is 14.6 Å². The number of aliphatic hydroxyl groups is 1. The molecular formula is C20H24ClNO3. The molecule has 25 heavy (non-hydrogen) atoms. The molecule has 0 aromatic heterocycles. The number of hydrogen-bond acceptors (Lipinski definition) is 3. The predicted molar refractivity (Wildman–Crippen MR) is 100.0 cm³/mol. The fourth-order valence-electron chi connectivity index (χ4n) is 2.87. The Morgan fingerprint density at radius 1 is 1.16 bits per heavy atom. The number of carbonyl (C=O) groups is 1. The lowest BCUT2D eigenvalue weighted by molar-refractivity contribution is -0.130. The van der Waals surface area contributed by atoms with Crippen molar-refractivity contribution in [3.8, 4) is 5.75 Å². The van der Waals surface area contributed by atoms with Crippen LogP contribution in [0.1, 0.15) is 23.5 Å². The van der Waals surface area contributed by atoms with Crippen LogP contribution in [0.3, 0.4) is 0 Å². The lowest BCUT2D eigenvalue weighted by atomic mass is 9.91. The van der Waals surface area contributed by atoms with Gasteiger partial charge in [0.2, 0.25) is 5.91 Å². The van der Waals surface area contributed by atoms with E-state index in [1.54, 1.807) is 19.1 Å². The molecule has 0 aliphatic rings. The number of alkyl halides is 1. The van der Waals surface area contributed by atoms with E-state index in [1.165, 1.54) is 0 Å². The smallest absolute Gasteiger partial charge is 0.241 e. The summed E-state index contributed by atoms with van der Waals surface area (Å²) in [5.74, 6) is 0.332. The zero-order valence-corrected chi connectivity index (χ0v) is 15.3. The van der Waals surface area contributed by atoms with Crippen LogP contribution >= 0.6 is 11.6 Å². The van der Waals surface area contributed by atoms with E-state index in [2.05, 4.69) is 0 Å². The average Bonchev–Trinajstić information content (AvgIpc) is 2.66. The highest BCUT2D eigenvalue weighted by atomic mass is 35.5. The Morgan fingerprint density at radius 2 is 1.80 bits per heavy atom. The van der Waals surface area contributed by atoms with Gasteiger partial charge in [-0.05, 0) is 18.1 Å². The number of para-hydroxylation sites is 1. The van der Waals surface area contributed by atoms with Crippen LogP contribution in [-0.4, -0.2) is 42.1 Å². The summed E-state index contributed by atoms with van der Waals surface area (Å²) < 4.78 is 5.34. The summed E-state index contributed by atoms with van der Waals surface area (Å²) in [4.78, 5) is 14.4. The topological polar surface area (TPSA) is 49.8 Å². The molecule has 0 saturated carbocycles. The quantitative estimate of drug-likeness (QED) is 0.733. The van der Waals surface area contributed by atoms with Gasteiger partial charge >= 0.3 is 0 Å². The first kappa shape index (κ1) is 19.3. The molecule has 0 aliphatic carbocycles. The van der Waals surface area contributed by atoms with Crippen LogP contribution in [0.25, 0.3) is 0 Å². The minimum Gasteiger partial charge on any atom is -0.496 e. The Kier molecular flexibility index (Phi) is 7.29. The first-order valence-electron chi connectivity index (χ1n) is 8.25. The first-order chi connectivity index (χ1) is 12.1. The summed E-state index contributed by atoms with van der Waals surface area (Å²) in [7, 11) is 3.34. The molecule has 0 saturated heterocycles. The van der Waals surface area contributed by atoms with Crippen LogP contribution in [0, 0.1) is 0 Å². The fourth-order valence-corrected chi connectivity index (χ4v) is 3.31. The second-order valence-electron chi connectivity index (χ2n) is 5.94. The van der Waals surface area contributed by atoms with E-state index in [0.717, 1.165) is 16.9 Å². The number of aliphatic hydroxyl groups excluding tert-OH is 1. The van der Waals surface area contributed by atoms with Crippen LogP contribution in [0.2, 0.25) is 0 Å². The second-order valence-corrected chi connectivity index (χ2v) is 6.41. The molecule has 1 amide bonds. The Hall–Kier alpha value is -2.04. The molecule has 0 heterocycles. The summed E-state index contributed by atoms with van der Waals surface area (Å²) in [6, 6.07) is 17.2. The van der Waals surface area contributed by atoms with Crippen LogP contribution in [0.15, 0.2) is 54.6 Å². The van der Waals surface area contributed by atoms with Crippen LogP contribution in [0.5, 0.6) is 5.75 Å². The van der Waals surface area contributed by atoms with Gasteiger partial charge in [-0.1, -0.05) is 48.5 Å². The van der Waals surface area contributed by atoms with Gasteiger partial charge in [0.25, 0.3) is 0 Å². The Morgan fingerprint density at radius 3 is 2.44 bits per heavy atom. The molecule has 2 aromatic rings. The highest BCUT2D eigenvalue weighted by Gasteiger charge is 2.29. The molecule has 0 fully saturated rings. The van der Waals surface area contributed by atoms with E-state index in [9.17, 15) is 9.90 Å². The molecule has 2 unspecified atom stereocenters. The predicted octanol–water partition coefficient (Wildman–Crippen LogP) is 3.43. The zero-order chi connectivity index (χ0) is 18.2.